The fourth-order valence-electron chi connectivity index (χ4n) is 4.11. The van der Waals surface area contributed by atoms with Crippen LogP contribution in [0.15, 0.2) is 24.3 Å². The largest absolute Gasteiger partial charge is 0.381 e. The fourth-order valence-corrected chi connectivity index (χ4v) is 4.24. The topological polar surface area (TPSA) is 21.3 Å². The van der Waals surface area contributed by atoms with Gasteiger partial charge in [0.05, 0.1) is 0 Å². The molecule has 0 amide bonds. The summed E-state index contributed by atoms with van der Waals surface area (Å²) in [6.07, 6.45) is 5.02. The summed E-state index contributed by atoms with van der Waals surface area (Å²) >= 11 is 6.01. The SMILES string of the molecule is CNCC1(c2ccc(Cl)cc2)CC2(CCOCC2)C1. The smallest absolute Gasteiger partial charge is 0.0471 e. The highest BCUT2D eigenvalue weighted by atomic mass is 35.5. The molecule has 2 fully saturated rings. The molecule has 1 spiro atoms. The van der Waals surface area contributed by atoms with Gasteiger partial charge in [0.1, 0.15) is 0 Å². The fraction of sp³-hybridized carbons (Fsp3) is 0.625. The normalized spacial score (nSPS) is 24.1. The lowest BCUT2D eigenvalue weighted by Gasteiger charge is -2.58. The Morgan fingerprint density at radius 3 is 2.37 bits per heavy atom. The van der Waals surface area contributed by atoms with Crippen LogP contribution in [0.2, 0.25) is 5.02 Å². The van der Waals surface area contributed by atoms with Crippen LogP contribution in [-0.4, -0.2) is 26.8 Å². The van der Waals surface area contributed by atoms with Gasteiger partial charge in [-0.15, -0.1) is 0 Å². The quantitative estimate of drug-likeness (QED) is 0.916. The van der Waals surface area contributed by atoms with Crippen molar-refractivity contribution in [2.75, 3.05) is 26.8 Å². The second kappa shape index (κ2) is 5.08. The summed E-state index contributed by atoms with van der Waals surface area (Å²) in [5.74, 6) is 0. The first kappa shape index (κ1) is 13.4. The molecule has 2 aliphatic rings. The monoisotopic (exact) mass is 279 g/mol. The van der Waals surface area contributed by atoms with Crippen molar-refractivity contribution in [3.63, 3.8) is 0 Å². The van der Waals surface area contributed by atoms with Crippen LogP contribution in [-0.2, 0) is 10.2 Å². The van der Waals surface area contributed by atoms with Gasteiger partial charge in [-0.05, 0) is 55.8 Å². The molecular formula is C16H22ClNO. The van der Waals surface area contributed by atoms with Crippen LogP contribution >= 0.6 is 11.6 Å². The summed E-state index contributed by atoms with van der Waals surface area (Å²) in [6.45, 7) is 2.93. The zero-order valence-electron chi connectivity index (χ0n) is 11.5. The number of hydrogen-bond donors (Lipinski definition) is 1. The van der Waals surface area contributed by atoms with Crippen LogP contribution in [0, 0.1) is 5.41 Å². The summed E-state index contributed by atoms with van der Waals surface area (Å²) in [5.41, 5.74) is 2.27. The number of likely N-dealkylation sites (N-methyl/N-ethyl adjacent to an activating group) is 1. The van der Waals surface area contributed by atoms with Crippen LogP contribution in [0.1, 0.15) is 31.2 Å². The van der Waals surface area contributed by atoms with E-state index < -0.39 is 0 Å². The number of halogens is 1. The van der Waals surface area contributed by atoms with E-state index in [4.69, 9.17) is 16.3 Å². The van der Waals surface area contributed by atoms with Gasteiger partial charge in [-0.3, -0.25) is 0 Å². The molecule has 1 aromatic rings. The van der Waals surface area contributed by atoms with E-state index in [-0.39, 0.29) is 0 Å². The number of rotatable bonds is 3. The van der Waals surface area contributed by atoms with Crippen molar-refractivity contribution in [1.82, 2.24) is 5.32 Å². The third kappa shape index (κ3) is 2.42. The molecule has 0 bridgehead atoms. The first-order valence-electron chi connectivity index (χ1n) is 7.17. The Kier molecular flexibility index (Phi) is 3.59. The molecule has 3 heteroatoms. The Morgan fingerprint density at radius 2 is 1.79 bits per heavy atom. The maximum Gasteiger partial charge on any atom is 0.0471 e. The van der Waals surface area contributed by atoms with Gasteiger partial charge in [0.15, 0.2) is 0 Å². The third-order valence-corrected chi connectivity index (χ3v) is 5.20. The molecule has 0 unspecified atom stereocenters. The highest BCUT2D eigenvalue weighted by molar-refractivity contribution is 6.30. The number of benzene rings is 1. The zero-order valence-corrected chi connectivity index (χ0v) is 12.3. The number of ether oxygens (including phenoxy) is 1. The minimum absolute atomic E-state index is 0.302. The number of nitrogens with one attached hydrogen (secondary N) is 1. The average Bonchev–Trinajstić information content (AvgIpc) is 2.39. The van der Waals surface area contributed by atoms with Gasteiger partial charge in [0, 0.05) is 30.2 Å². The Hall–Kier alpha value is -0.570. The van der Waals surface area contributed by atoms with E-state index in [0.29, 0.717) is 10.8 Å². The van der Waals surface area contributed by atoms with Crippen LogP contribution in [0.5, 0.6) is 0 Å². The van der Waals surface area contributed by atoms with Crippen molar-refractivity contribution >= 4 is 11.6 Å². The van der Waals surface area contributed by atoms with Gasteiger partial charge in [-0.1, -0.05) is 23.7 Å². The lowest BCUT2D eigenvalue weighted by atomic mass is 9.48. The molecule has 1 saturated carbocycles. The standard InChI is InChI=1S/C16H22ClNO/c1-18-12-16(13-2-4-14(17)5-3-13)10-15(11-16)6-8-19-9-7-15/h2-5,18H,6-12H2,1H3. The average molecular weight is 280 g/mol. The van der Waals surface area contributed by atoms with Gasteiger partial charge < -0.3 is 10.1 Å². The van der Waals surface area contributed by atoms with E-state index in [1.54, 1.807) is 0 Å². The molecule has 0 atom stereocenters. The van der Waals surface area contributed by atoms with Gasteiger partial charge in [0.2, 0.25) is 0 Å². The zero-order chi connectivity index (χ0) is 13.3. The minimum atomic E-state index is 0.302. The van der Waals surface area contributed by atoms with E-state index >= 15 is 0 Å². The van der Waals surface area contributed by atoms with Crippen LogP contribution < -0.4 is 5.32 Å². The maximum atomic E-state index is 6.01. The summed E-state index contributed by atoms with van der Waals surface area (Å²) < 4.78 is 5.52. The minimum Gasteiger partial charge on any atom is -0.381 e. The van der Waals surface area contributed by atoms with Crippen molar-refractivity contribution in [2.24, 2.45) is 5.41 Å². The molecule has 0 radical (unpaired) electrons. The van der Waals surface area contributed by atoms with Crippen LogP contribution in [0.25, 0.3) is 0 Å². The Balaban J connectivity index is 1.80. The maximum absolute atomic E-state index is 6.01. The first-order valence-corrected chi connectivity index (χ1v) is 7.54. The molecule has 1 aliphatic carbocycles. The molecule has 1 aromatic carbocycles. The summed E-state index contributed by atoms with van der Waals surface area (Å²) in [6, 6.07) is 8.43. The van der Waals surface area contributed by atoms with Gasteiger partial charge in [0.25, 0.3) is 0 Å². The van der Waals surface area contributed by atoms with Crippen molar-refractivity contribution in [3.8, 4) is 0 Å². The highest BCUT2D eigenvalue weighted by Gasteiger charge is 2.54. The Labute approximate surface area is 120 Å². The van der Waals surface area contributed by atoms with E-state index in [1.807, 2.05) is 19.2 Å². The molecule has 2 nitrogen and oxygen atoms in total. The van der Waals surface area contributed by atoms with Gasteiger partial charge in [-0.25, -0.2) is 0 Å². The third-order valence-electron chi connectivity index (χ3n) is 4.95. The molecule has 1 heterocycles. The van der Waals surface area contributed by atoms with Crippen molar-refractivity contribution < 1.29 is 4.74 Å². The van der Waals surface area contributed by atoms with Crippen molar-refractivity contribution in [2.45, 2.75) is 31.1 Å². The van der Waals surface area contributed by atoms with Crippen LogP contribution in [0.3, 0.4) is 0 Å². The van der Waals surface area contributed by atoms with Crippen LogP contribution in [0.4, 0.5) is 0 Å². The predicted octanol–water partition coefficient (Wildman–Crippen LogP) is 3.39. The molecule has 19 heavy (non-hydrogen) atoms. The first-order chi connectivity index (χ1) is 9.18. The van der Waals surface area contributed by atoms with Gasteiger partial charge in [-0.2, -0.15) is 0 Å². The molecule has 104 valence electrons. The van der Waals surface area contributed by atoms with E-state index in [1.165, 1.54) is 31.2 Å². The molecule has 1 N–H and O–H groups in total. The molecular weight excluding hydrogens is 258 g/mol. The van der Waals surface area contributed by atoms with Crippen molar-refractivity contribution in [1.29, 1.82) is 0 Å². The summed E-state index contributed by atoms with van der Waals surface area (Å²) in [7, 11) is 2.05. The van der Waals surface area contributed by atoms with Gasteiger partial charge >= 0.3 is 0 Å². The van der Waals surface area contributed by atoms with Crippen molar-refractivity contribution in [3.05, 3.63) is 34.9 Å². The second-order valence-corrected chi connectivity index (χ2v) is 6.72. The second-order valence-electron chi connectivity index (χ2n) is 6.28. The molecule has 1 aliphatic heterocycles. The van der Waals surface area contributed by atoms with E-state index in [2.05, 4.69) is 17.4 Å². The molecule has 3 rings (SSSR count). The Bertz CT molecular complexity index is 429. The number of hydrogen-bond acceptors (Lipinski definition) is 2. The lowest BCUT2D eigenvalue weighted by Crippen LogP contribution is -2.56. The predicted molar refractivity (Wildman–Crippen MR) is 78.8 cm³/mol. The van der Waals surface area contributed by atoms with E-state index in [0.717, 1.165) is 24.8 Å². The summed E-state index contributed by atoms with van der Waals surface area (Å²) in [5, 5.41) is 4.20. The Morgan fingerprint density at radius 1 is 1.16 bits per heavy atom. The highest BCUT2D eigenvalue weighted by Crippen LogP contribution is 2.60. The van der Waals surface area contributed by atoms with E-state index in [9.17, 15) is 0 Å². The summed E-state index contributed by atoms with van der Waals surface area (Å²) in [4.78, 5) is 0. The molecule has 0 aromatic heterocycles. The lowest BCUT2D eigenvalue weighted by molar-refractivity contribution is -0.0732. The molecule has 1 saturated heterocycles.